The molecule has 1 saturated heterocycles. The van der Waals surface area contributed by atoms with Crippen LogP contribution >= 0.6 is 0 Å². The monoisotopic (exact) mass is 277 g/mol. The molecule has 110 valence electrons. The number of aromatic nitrogens is 2. The quantitative estimate of drug-likeness (QED) is 0.917. The number of aryl methyl sites for hydroxylation is 2. The molecule has 1 aromatic rings. The molecule has 0 saturated carbocycles. The lowest BCUT2D eigenvalue weighted by Gasteiger charge is -2.35. The van der Waals surface area contributed by atoms with Gasteiger partial charge < -0.3 is 5.11 Å². The van der Waals surface area contributed by atoms with Crippen LogP contribution in [0, 0.1) is 12.8 Å². The second-order valence-corrected chi connectivity index (χ2v) is 6.23. The fourth-order valence-corrected chi connectivity index (χ4v) is 3.98. The van der Waals surface area contributed by atoms with E-state index in [1.54, 1.807) is 0 Å². The van der Waals surface area contributed by atoms with Crippen molar-refractivity contribution in [2.45, 2.75) is 45.1 Å². The second-order valence-electron chi connectivity index (χ2n) is 6.23. The van der Waals surface area contributed by atoms with Crippen molar-refractivity contribution < 1.29 is 9.90 Å². The van der Waals surface area contributed by atoms with E-state index in [-0.39, 0.29) is 12.3 Å². The van der Waals surface area contributed by atoms with Crippen LogP contribution in [0.5, 0.6) is 0 Å². The number of nitrogens with zero attached hydrogens (tertiary/aromatic N) is 3. The molecule has 2 atom stereocenters. The van der Waals surface area contributed by atoms with E-state index in [0.29, 0.717) is 6.04 Å². The van der Waals surface area contributed by atoms with Gasteiger partial charge in [-0.15, -0.1) is 0 Å². The van der Waals surface area contributed by atoms with Crippen molar-refractivity contribution in [1.82, 2.24) is 14.7 Å². The number of carboxylic acid groups (broad SMARTS) is 1. The molecule has 20 heavy (non-hydrogen) atoms. The van der Waals surface area contributed by atoms with Crippen LogP contribution in [0.25, 0.3) is 0 Å². The third kappa shape index (κ3) is 2.35. The number of aliphatic carboxylic acids is 1. The van der Waals surface area contributed by atoms with E-state index in [1.807, 2.05) is 11.7 Å². The first kappa shape index (κ1) is 13.6. The van der Waals surface area contributed by atoms with Gasteiger partial charge in [-0.2, -0.15) is 5.10 Å². The summed E-state index contributed by atoms with van der Waals surface area (Å²) in [6, 6.07) is 0.374. The lowest BCUT2D eigenvalue weighted by Crippen LogP contribution is -2.33. The smallest absolute Gasteiger partial charge is 0.303 e. The van der Waals surface area contributed by atoms with Crippen LogP contribution in [0.1, 0.15) is 48.7 Å². The number of hydrogen-bond acceptors (Lipinski definition) is 3. The average Bonchev–Trinajstić information content (AvgIpc) is 2.98. The van der Waals surface area contributed by atoms with Gasteiger partial charge in [-0.05, 0) is 51.6 Å². The van der Waals surface area contributed by atoms with Crippen molar-refractivity contribution >= 4 is 5.97 Å². The molecule has 1 aromatic heterocycles. The van der Waals surface area contributed by atoms with Crippen LogP contribution in [-0.2, 0) is 18.3 Å². The topological polar surface area (TPSA) is 58.4 Å². The molecule has 1 N–H and O–H groups in total. The van der Waals surface area contributed by atoms with Crippen molar-refractivity contribution in [3.8, 4) is 0 Å². The van der Waals surface area contributed by atoms with Crippen LogP contribution < -0.4 is 0 Å². The third-order valence-electron chi connectivity index (χ3n) is 4.81. The molecule has 0 radical (unpaired) electrons. The van der Waals surface area contributed by atoms with Crippen molar-refractivity contribution in [2.75, 3.05) is 13.1 Å². The number of rotatable bonds is 3. The van der Waals surface area contributed by atoms with E-state index >= 15 is 0 Å². The first-order valence-corrected chi connectivity index (χ1v) is 7.54. The summed E-state index contributed by atoms with van der Waals surface area (Å²) in [4.78, 5) is 13.6. The van der Waals surface area contributed by atoms with Gasteiger partial charge in [-0.25, -0.2) is 0 Å². The summed E-state index contributed by atoms with van der Waals surface area (Å²) in [6.45, 7) is 4.36. The van der Waals surface area contributed by atoms with Gasteiger partial charge in [0.1, 0.15) is 0 Å². The van der Waals surface area contributed by atoms with Gasteiger partial charge in [0, 0.05) is 30.8 Å². The van der Waals surface area contributed by atoms with Gasteiger partial charge in [0.15, 0.2) is 0 Å². The maximum absolute atomic E-state index is 11.1. The SMILES string of the molecule is Cc1nn(C)c2c1C(N1CCCC1)CC(CC(=O)O)C2. The van der Waals surface area contributed by atoms with E-state index in [2.05, 4.69) is 16.9 Å². The molecule has 2 aliphatic rings. The molecule has 1 aliphatic carbocycles. The number of hydrogen-bond donors (Lipinski definition) is 1. The molecule has 1 fully saturated rings. The lowest BCUT2D eigenvalue weighted by atomic mass is 9.81. The highest BCUT2D eigenvalue weighted by molar-refractivity contribution is 5.67. The number of fused-ring (bicyclic) bond motifs is 1. The summed E-state index contributed by atoms with van der Waals surface area (Å²) in [7, 11) is 1.98. The summed E-state index contributed by atoms with van der Waals surface area (Å²) in [5, 5.41) is 13.7. The summed E-state index contributed by atoms with van der Waals surface area (Å²) in [5.41, 5.74) is 3.74. The minimum absolute atomic E-state index is 0.236. The minimum Gasteiger partial charge on any atom is -0.481 e. The number of likely N-dealkylation sites (tertiary alicyclic amines) is 1. The highest BCUT2D eigenvalue weighted by Crippen LogP contribution is 2.41. The van der Waals surface area contributed by atoms with Gasteiger partial charge in [0.05, 0.1) is 5.69 Å². The molecule has 2 unspecified atom stereocenters. The second kappa shape index (κ2) is 5.20. The molecule has 2 heterocycles. The van der Waals surface area contributed by atoms with Crippen molar-refractivity contribution in [3.05, 3.63) is 17.0 Å². The van der Waals surface area contributed by atoms with Gasteiger partial charge in [-0.3, -0.25) is 14.4 Å². The van der Waals surface area contributed by atoms with E-state index in [4.69, 9.17) is 5.11 Å². The standard InChI is InChI=1S/C15H23N3O2/c1-10-15-12(17(2)16-10)7-11(9-14(19)20)8-13(15)18-5-3-4-6-18/h11,13H,3-9H2,1-2H3,(H,19,20). The zero-order valence-corrected chi connectivity index (χ0v) is 12.3. The molecule has 1 aliphatic heterocycles. The van der Waals surface area contributed by atoms with E-state index < -0.39 is 5.97 Å². The summed E-state index contributed by atoms with van der Waals surface area (Å²) >= 11 is 0. The van der Waals surface area contributed by atoms with Crippen molar-refractivity contribution in [3.63, 3.8) is 0 Å². The minimum atomic E-state index is -0.683. The predicted molar refractivity (Wildman–Crippen MR) is 75.6 cm³/mol. The van der Waals surface area contributed by atoms with Crippen LogP contribution in [-0.4, -0.2) is 38.8 Å². The first-order valence-electron chi connectivity index (χ1n) is 7.54. The van der Waals surface area contributed by atoms with Gasteiger partial charge in [-0.1, -0.05) is 0 Å². The van der Waals surface area contributed by atoms with E-state index in [9.17, 15) is 4.79 Å². The summed E-state index contributed by atoms with van der Waals surface area (Å²) < 4.78 is 1.96. The van der Waals surface area contributed by atoms with Crippen molar-refractivity contribution in [1.29, 1.82) is 0 Å². The Kier molecular flexibility index (Phi) is 3.54. The third-order valence-corrected chi connectivity index (χ3v) is 4.81. The molecule has 5 nitrogen and oxygen atoms in total. The molecule has 0 spiro atoms. The molecule has 3 rings (SSSR count). The molecule has 0 bridgehead atoms. The largest absolute Gasteiger partial charge is 0.481 e. The maximum atomic E-state index is 11.1. The fourth-order valence-electron chi connectivity index (χ4n) is 3.98. The maximum Gasteiger partial charge on any atom is 0.303 e. The average molecular weight is 277 g/mol. The van der Waals surface area contributed by atoms with Gasteiger partial charge in [0.25, 0.3) is 0 Å². The Morgan fingerprint density at radius 1 is 1.40 bits per heavy atom. The Morgan fingerprint density at radius 2 is 2.10 bits per heavy atom. The molecule has 0 amide bonds. The summed E-state index contributed by atoms with van der Waals surface area (Å²) in [5.74, 6) is -0.446. The van der Waals surface area contributed by atoms with Crippen LogP contribution in [0.2, 0.25) is 0 Å². The van der Waals surface area contributed by atoms with Gasteiger partial charge in [0.2, 0.25) is 0 Å². The fraction of sp³-hybridized carbons (Fsp3) is 0.733. The van der Waals surface area contributed by atoms with E-state index in [1.165, 1.54) is 24.1 Å². The number of carbonyl (C=O) groups is 1. The Bertz CT molecular complexity index is 517. The molecule has 0 aromatic carbocycles. The van der Waals surface area contributed by atoms with Gasteiger partial charge >= 0.3 is 5.97 Å². The normalized spacial score (nSPS) is 26.7. The Balaban J connectivity index is 1.93. The highest BCUT2D eigenvalue weighted by Gasteiger charge is 2.36. The highest BCUT2D eigenvalue weighted by atomic mass is 16.4. The van der Waals surface area contributed by atoms with Crippen LogP contribution in [0.15, 0.2) is 0 Å². The zero-order valence-electron chi connectivity index (χ0n) is 12.3. The van der Waals surface area contributed by atoms with Crippen molar-refractivity contribution in [2.24, 2.45) is 13.0 Å². The molecular weight excluding hydrogens is 254 g/mol. The Morgan fingerprint density at radius 3 is 2.75 bits per heavy atom. The van der Waals surface area contributed by atoms with E-state index in [0.717, 1.165) is 31.6 Å². The molecular formula is C15H23N3O2. The molecule has 5 heteroatoms. The first-order chi connectivity index (χ1) is 9.56. The lowest BCUT2D eigenvalue weighted by molar-refractivity contribution is -0.138. The summed E-state index contributed by atoms with van der Waals surface area (Å²) in [6.07, 6.45) is 4.60. The Hall–Kier alpha value is -1.36. The number of carboxylic acids is 1. The Labute approximate surface area is 119 Å². The van der Waals surface area contributed by atoms with Crippen LogP contribution in [0.3, 0.4) is 0 Å². The van der Waals surface area contributed by atoms with Crippen LogP contribution in [0.4, 0.5) is 0 Å². The zero-order chi connectivity index (χ0) is 14.3. The predicted octanol–water partition coefficient (Wildman–Crippen LogP) is 1.90.